The number of rotatable bonds is 6. The maximum atomic E-state index is 5.34. The van der Waals surface area contributed by atoms with E-state index in [0.29, 0.717) is 18.0 Å². The van der Waals surface area contributed by atoms with Gasteiger partial charge in [-0.3, -0.25) is 5.43 Å². The molecule has 0 radical (unpaired) electrons. The lowest BCUT2D eigenvalue weighted by Gasteiger charge is -2.11. The van der Waals surface area contributed by atoms with E-state index in [9.17, 15) is 0 Å². The standard InChI is InChI=1S/C12H15BrN6O2/c1-3-21-12-17-10(16-11(18-12)19-14)15-8-6-7(13)4-5-9(8)20-2/h4-6H,3,14H2,1-2H3,(H2,15,16,17,18,19). The number of hydrogen-bond donors (Lipinski definition) is 3. The van der Waals surface area contributed by atoms with E-state index in [1.54, 1.807) is 7.11 Å². The summed E-state index contributed by atoms with van der Waals surface area (Å²) in [6.07, 6.45) is 0. The third kappa shape index (κ3) is 3.92. The highest BCUT2D eigenvalue weighted by Gasteiger charge is 2.10. The molecule has 2 aromatic rings. The minimum Gasteiger partial charge on any atom is -0.495 e. The van der Waals surface area contributed by atoms with Crippen LogP contribution in [0.2, 0.25) is 0 Å². The van der Waals surface area contributed by atoms with Gasteiger partial charge in [-0.15, -0.1) is 0 Å². The molecule has 4 N–H and O–H groups in total. The first-order valence-corrected chi connectivity index (χ1v) is 6.91. The molecule has 0 bridgehead atoms. The van der Waals surface area contributed by atoms with Gasteiger partial charge in [0.15, 0.2) is 0 Å². The van der Waals surface area contributed by atoms with Crippen molar-refractivity contribution in [2.24, 2.45) is 5.84 Å². The number of nitrogens with one attached hydrogen (secondary N) is 2. The molecule has 0 saturated heterocycles. The fourth-order valence-corrected chi connectivity index (χ4v) is 1.93. The third-order valence-corrected chi connectivity index (χ3v) is 2.92. The van der Waals surface area contributed by atoms with Crippen LogP contribution < -0.4 is 26.1 Å². The van der Waals surface area contributed by atoms with Crippen molar-refractivity contribution >= 4 is 33.5 Å². The molecule has 0 saturated carbocycles. The number of nitrogens with two attached hydrogens (primary N) is 1. The number of benzene rings is 1. The van der Waals surface area contributed by atoms with Crippen molar-refractivity contribution in [1.82, 2.24) is 15.0 Å². The van der Waals surface area contributed by atoms with Crippen molar-refractivity contribution in [2.75, 3.05) is 24.5 Å². The maximum Gasteiger partial charge on any atom is 0.323 e. The van der Waals surface area contributed by atoms with Crippen LogP contribution in [-0.4, -0.2) is 28.7 Å². The molecule has 0 aliphatic carbocycles. The molecule has 1 aromatic heterocycles. The monoisotopic (exact) mass is 354 g/mol. The summed E-state index contributed by atoms with van der Waals surface area (Å²) in [5.41, 5.74) is 3.07. The van der Waals surface area contributed by atoms with Crippen LogP contribution in [0.25, 0.3) is 0 Å². The molecule has 0 amide bonds. The Balaban J connectivity index is 2.34. The molecule has 0 spiro atoms. The first kappa shape index (κ1) is 15.3. The average molecular weight is 355 g/mol. The van der Waals surface area contributed by atoms with Crippen LogP contribution >= 0.6 is 15.9 Å². The fraction of sp³-hybridized carbons (Fsp3) is 0.250. The molecule has 21 heavy (non-hydrogen) atoms. The number of aromatic nitrogens is 3. The molecule has 0 aliphatic heterocycles. The van der Waals surface area contributed by atoms with Crippen LogP contribution in [0.4, 0.5) is 17.6 Å². The second kappa shape index (κ2) is 7.04. The summed E-state index contributed by atoms with van der Waals surface area (Å²) in [5, 5.41) is 3.05. The molecular formula is C12H15BrN6O2. The molecule has 9 heteroatoms. The molecule has 1 heterocycles. The Morgan fingerprint density at radius 3 is 2.67 bits per heavy atom. The summed E-state index contributed by atoms with van der Waals surface area (Å²) in [7, 11) is 1.58. The van der Waals surface area contributed by atoms with Crippen LogP contribution in [0.3, 0.4) is 0 Å². The molecule has 112 valence electrons. The second-order valence-electron chi connectivity index (χ2n) is 3.81. The highest BCUT2D eigenvalue weighted by atomic mass is 79.9. The highest BCUT2D eigenvalue weighted by Crippen LogP contribution is 2.30. The first-order chi connectivity index (χ1) is 10.2. The van der Waals surface area contributed by atoms with Crippen molar-refractivity contribution in [1.29, 1.82) is 0 Å². The van der Waals surface area contributed by atoms with Gasteiger partial charge in [-0.05, 0) is 25.1 Å². The van der Waals surface area contributed by atoms with Gasteiger partial charge in [-0.25, -0.2) is 5.84 Å². The van der Waals surface area contributed by atoms with Gasteiger partial charge in [0.1, 0.15) is 5.75 Å². The van der Waals surface area contributed by atoms with E-state index in [2.05, 4.69) is 41.6 Å². The van der Waals surface area contributed by atoms with Crippen molar-refractivity contribution in [3.63, 3.8) is 0 Å². The summed E-state index contributed by atoms with van der Waals surface area (Å²) in [5.74, 6) is 6.48. The van der Waals surface area contributed by atoms with E-state index in [0.717, 1.165) is 4.47 Å². The van der Waals surface area contributed by atoms with Crippen LogP contribution in [0.1, 0.15) is 6.92 Å². The number of hydrazine groups is 1. The predicted octanol–water partition coefficient (Wildman–Crippen LogP) is 2.07. The smallest absolute Gasteiger partial charge is 0.323 e. The number of nitrogens with zero attached hydrogens (tertiary/aromatic N) is 3. The van der Waals surface area contributed by atoms with Crippen LogP contribution in [0, 0.1) is 0 Å². The van der Waals surface area contributed by atoms with Gasteiger partial charge < -0.3 is 14.8 Å². The zero-order valence-corrected chi connectivity index (χ0v) is 13.1. The lowest BCUT2D eigenvalue weighted by molar-refractivity contribution is 0.312. The van der Waals surface area contributed by atoms with Gasteiger partial charge in [0.25, 0.3) is 0 Å². The molecule has 2 rings (SSSR count). The summed E-state index contributed by atoms with van der Waals surface area (Å²) >= 11 is 3.40. The van der Waals surface area contributed by atoms with Crippen LogP contribution in [0.5, 0.6) is 11.8 Å². The van der Waals surface area contributed by atoms with Crippen molar-refractivity contribution in [3.8, 4) is 11.8 Å². The van der Waals surface area contributed by atoms with Crippen molar-refractivity contribution < 1.29 is 9.47 Å². The Kier molecular flexibility index (Phi) is 5.12. The Hall–Kier alpha value is -2.13. The van der Waals surface area contributed by atoms with E-state index in [1.165, 1.54) is 0 Å². The zero-order chi connectivity index (χ0) is 15.2. The van der Waals surface area contributed by atoms with Gasteiger partial charge in [-0.1, -0.05) is 15.9 Å². The van der Waals surface area contributed by atoms with Crippen LogP contribution in [-0.2, 0) is 0 Å². The van der Waals surface area contributed by atoms with Gasteiger partial charge >= 0.3 is 6.01 Å². The summed E-state index contributed by atoms with van der Waals surface area (Å²) in [4.78, 5) is 12.2. The van der Waals surface area contributed by atoms with E-state index < -0.39 is 0 Å². The molecule has 0 fully saturated rings. The van der Waals surface area contributed by atoms with Gasteiger partial charge in [-0.2, -0.15) is 15.0 Å². The fourth-order valence-electron chi connectivity index (χ4n) is 1.57. The first-order valence-electron chi connectivity index (χ1n) is 6.12. The second-order valence-corrected chi connectivity index (χ2v) is 4.73. The predicted molar refractivity (Wildman–Crippen MR) is 82.8 cm³/mol. The Bertz CT molecular complexity index is 625. The van der Waals surface area contributed by atoms with E-state index in [-0.39, 0.29) is 17.9 Å². The number of methoxy groups -OCH3 is 1. The lowest BCUT2D eigenvalue weighted by atomic mass is 10.3. The van der Waals surface area contributed by atoms with Gasteiger partial charge in [0.05, 0.1) is 19.4 Å². The quantitative estimate of drug-likeness (QED) is 0.534. The Morgan fingerprint density at radius 1 is 1.24 bits per heavy atom. The van der Waals surface area contributed by atoms with Gasteiger partial charge in [0, 0.05) is 4.47 Å². The van der Waals surface area contributed by atoms with E-state index in [4.69, 9.17) is 15.3 Å². The molecule has 8 nitrogen and oxygen atoms in total. The molecular weight excluding hydrogens is 340 g/mol. The molecule has 0 unspecified atom stereocenters. The van der Waals surface area contributed by atoms with E-state index >= 15 is 0 Å². The summed E-state index contributed by atoms with van der Waals surface area (Å²) in [6.45, 7) is 2.28. The number of ether oxygens (including phenoxy) is 2. The number of halogens is 1. The Morgan fingerprint density at radius 2 is 2.00 bits per heavy atom. The average Bonchev–Trinajstić information content (AvgIpc) is 2.47. The van der Waals surface area contributed by atoms with Gasteiger partial charge in [0.2, 0.25) is 11.9 Å². The van der Waals surface area contributed by atoms with Crippen LogP contribution in [0.15, 0.2) is 22.7 Å². The summed E-state index contributed by atoms with van der Waals surface area (Å²) < 4.78 is 11.4. The SMILES string of the molecule is CCOc1nc(NN)nc(Nc2cc(Br)ccc2OC)n1. The molecule has 1 aromatic carbocycles. The summed E-state index contributed by atoms with van der Waals surface area (Å²) in [6, 6.07) is 5.71. The normalized spacial score (nSPS) is 10.1. The number of hydrogen-bond acceptors (Lipinski definition) is 8. The van der Waals surface area contributed by atoms with Crippen molar-refractivity contribution in [3.05, 3.63) is 22.7 Å². The van der Waals surface area contributed by atoms with E-state index in [1.807, 2.05) is 25.1 Å². The lowest BCUT2D eigenvalue weighted by Crippen LogP contribution is -2.13. The highest BCUT2D eigenvalue weighted by molar-refractivity contribution is 9.10. The Labute approximate surface area is 130 Å². The third-order valence-electron chi connectivity index (χ3n) is 2.43. The number of anilines is 3. The topological polar surface area (TPSA) is 107 Å². The number of nitrogen functional groups attached to an aromatic ring is 1. The zero-order valence-electron chi connectivity index (χ0n) is 11.6. The molecule has 0 aliphatic rings. The largest absolute Gasteiger partial charge is 0.495 e. The minimum absolute atomic E-state index is 0.178. The maximum absolute atomic E-state index is 5.34. The van der Waals surface area contributed by atoms with Crippen molar-refractivity contribution in [2.45, 2.75) is 6.92 Å². The molecule has 0 atom stereocenters. The minimum atomic E-state index is 0.178.